The lowest BCUT2D eigenvalue weighted by Crippen LogP contribution is -2.46. The van der Waals surface area contributed by atoms with Crippen LogP contribution in [0.1, 0.15) is 29.8 Å². The van der Waals surface area contributed by atoms with Crippen LogP contribution in [0.25, 0.3) is 0 Å². The third kappa shape index (κ3) is 2.64. The molecule has 0 spiro atoms. The molecule has 0 bridgehead atoms. The van der Waals surface area contributed by atoms with Gasteiger partial charge in [-0.3, -0.25) is 14.4 Å². The quantitative estimate of drug-likeness (QED) is 0.845. The van der Waals surface area contributed by atoms with Crippen LogP contribution < -0.4 is 15.4 Å². The van der Waals surface area contributed by atoms with Crippen molar-refractivity contribution in [1.82, 2.24) is 5.32 Å². The van der Waals surface area contributed by atoms with Crippen molar-refractivity contribution in [2.75, 3.05) is 11.9 Å². The van der Waals surface area contributed by atoms with Gasteiger partial charge in [-0.1, -0.05) is 6.07 Å². The fraction of sp³-hybridized carbons (Fsp3) is 0.357. The summed E-state index contributed by atoms with van der Waals surface area (Å²) in [6.45, 7) is 4.62. The fourth-order valence-electron chi connectivity index (χ4n) is 2.18. The number of aryl methyl sites for hydroxylation is 1. The molecule has 6 heteroatoms. The highest BCUT2D eigenvalue weighted by molar-refractivity contribution is 6.11. The van der Waals surface area contributed by atoms with E-state index in [0.29, 0.717) is 17.0 Å². The molecular weight excluding hydrogens is 260 g/mol. The van der Waals surface area contributed by atoms with Gasteiger partial charge in [-0.05, 0) is 18.6 Å². The molecule has 1 heterocycles. The molecule has 6 nitrogen and oxygen atoms in total. The lowest BCUT2D eigenvalue weighted by Gasteiger charge is -2.27. The van der Waals surface area contributed by atoms with E-state index in [-0.39, 0.29) is 24.2 Å². The van der Waals surface area contributed by atoms with Crippen molar-refractivity contribution in [3.05, 3.63) is 23.3 Å². The number of anilines is 1. The van der Waals surface area contributed by atoms with Gasteiger partial charge < -0.3 is 15.4 Å². The van der Waals surface area contributed by atoms with E-state index in [9.17, 15) is 14.4 Å². The maximum atomic E-state index is 12.5. The first-order chi connectivity index (χ1) is 9.40. The molecule has 1 aromatic carbocycles. The van der Waals surface area contributed by atoms with Gasteiger partial charge in [0.1, 0.15) is 18.4 Å². The minimum absolute atomic E-state index is 0.0930. The first-order valence-corrected chi connectivity index (χ1v) is 6.25. The van der Waals surface area contributed by atoms with E-state index in [1.807, 2.05) is 6.92 Å². The van der Waals surface area contributed by atoms with Crippen molar-refractivity contribution in [3.8, 4) is 5.75 Å². The summed E-state index contributed by atoms with van der Waals surface area (Å²) in [5.74, 6) is -0.369. The molecule has 0 aliphatic carbocycles. The Kier molecular flexibility index (Phi) is 3.74. The van der Waals surface area contributed by atoms with Crippen LogP contribution in [-0.2, 0) is 9.59 Å². The molecule has 0 saturated carbocycles. The Bertz CT molecular complexity index is 595. The highest BCUT2D eigenvalue weighted by atomic mass is 16.5. The van der Waals surface area contributed by atoms with Crippen LogP contribution in [0, 0.1) is 6.92 Å². The molecule has 1 aliphatic rings. The second-order valence-corrected chi connectivity index (χ2v) is 4.74. The Balaban J connectivity index is 2.45. The van der Waals surface area contributed by atoms with Gasteiger partial charge in [0.15, 0.2) is 5.78 Å². The number of carbonyl (C=O) groups is 3. The van der Waals surface area contributed by atoms with Gasteiger partial charge in [-0.15, -0.1) is 0 Å². The van der Waals surface area contributed by atoms with Crippen LogP contribution in [0.5, 0.6) is 5.75 Å². The zero-order chi connectivity index (χ0) is 14.9. The molecule has 0 saturated heterocycles. The maximum absolute atomic E-state index is 12.5. The van der Waals surface area contributed by atoms with Gasteiger partial charge in [-0.25, -0.2) is 0 Å². The van der Waals surface area contributed by atoms with E-state index in [1.54, 1.807) is 12.1 Å². The van der Waals surface area contributed by atoms with Crippen molar-refractivity contribution in [3.63, 3.8) is 0 Å². The summed E-state index contributed by atoms with van der Waals surface area (Å²) >= 11 is 0. The first-order valence-electron chi connectivity index (χ1n) is 6.25. The Morgan fingerprint density at radius 2 is 1.95 bits per heavy atom. The zero-order valence-electron chi connectivity index (χ0n) is 11.6. The van der Waals surface area contributed by atoms with Crippen molar-refractivity contribution < 1.29 is 19.1 Å². The van der Waals surface area contributed by atoms with E-state index in [2.05, 4.69) is 10.6 Å². The summed E-state index contributed by atoms with van der Waals surface area (Å²) < 4.78 is 5.57. The van der Waals surface area contributed by atoms with E-state index in [0.717, 1.165) is 5.56 Å². The van der Waals surface area contributed by atoms with Gasteiger partial charge in [0, 0.05) is 13.8 Å². The number of ether oxygens (including phenoxy) is 1. The molecule has 106 valence electrons. The Hall–Kier alpha value is -2.37. The molecule has 2 amide bonds. The molecule has 2 N–H and O–H groups in total. The molecule has 20 heavy (non-hydrogen) atoms. The summed E-state index contributed by atoms with van der Waals surface area (Å²) in [4.78, 5) is 34.8. The Morgan fingerprint density at radius 3 is 2.55 bits per heavy atom. The average molecular weight is 276 g/mol. The molecular formula is C14H16N2O4. The Labute approximate surface area is 116 Å². The van der Waals surface area contributed by atoms with E-state index in [1.165, 1.54) is 13.8 Å². The van der Waals surface area contributed by atoms with Crippen LogP contribution >= 0.6 is 0 Å². The van der Waals surface area contributed by atoms with Crippen LogP contribution in [-0.4, -0.2) is 30.2 Å². The number of fused-ring (bicyclic) bond motifs is 1. The molecule has 1 atom stereocenters. The van der Waals surface area contributed by atoms with Gasteiger partial charge in [0.05, 0.1) is 11.3 Å². The van der Waals surface area contributed by atoms with Crippen molar-refractivity contribution in [1.29, 1.82) is 0 Å². The highest BCUT2D eigenvalue weighted by Crippen LogP contribution is 2.34. The van der Waals surface area contributed by atoms with Crippen LogP contribution in [0.3, 0.4) is 0 Å². The lowest BCUT2D eigenvalue weighted by atomic mass is 9.96. The summed E-state index contributed by atoms with van der Waals surface area (Å²) in [7, 11) is 0. The third-order valence-corrected chi connectivity index (χ3v) is 3.00. The van der Waals surface area contributed by atoms with Gasteiger partial charge in [0.25, 0.3) is 0 Å². The van der Waals surface area contributed by atoms with Crippen LogP contribution in [0.15, 0.2) is 12.1 Å². The van der Waals surface area contributed by atoms with Gasteiger partial charge in [-0.2, -0.15) is 0 Å². The number of nitrogens with one attached hydrogen (secondary N) is 2. The smallest absolute Gasteiger partial charge is 0.221 e. The number of ketones is 1. The van der Waals surface area contributed by atoms with Crippen molar-refractivity contribution in [2.24, 2.45) is 0 Å². The molecule has 2 rings (SSSR count). The maximum Gasteiger partial charge on any atom is 0.221 e. The number of rotatable bonds is 2. The first kappa shape index (κ1) is 14.0. The van der Waals surface area contributed by atoms with Crippen molar-refractivity contribution >= 4 is 23.3 Å². The fourth-order valence-corrected chi connectivity index (χ4v) is 2.18. The molecule has 0 fully saturated rings. The number of hydrogen-bond acceptors (Lipinski definition) is 4. The molecule has 1 aromatic rings. The molecule has 0 radical (unpaired) electrons. The highest BCUT2D eigenvalue weighted by Gasteiger charge is 2.32. The number of Topliss-reactive ketones (excluding diaryl/α,β-unsaturated/α-hetero) is 1. The standard InChI is InChI=1S/C14H16N2O4/c1-7-4-5-10(15-8(2)17)12-13(19)11(16-9(3)18)6-20-14(7)12/h4-5,11H,6H2,1-3H3,(H,15,17)(H,16,18). The SMILES string of the molecule is CC(=O)Nc1ccc(C)c2c1C(=O)C(NC(C)=O)CO2. The van der Waals surface area contributed by atoms with Crippen LogP contribution in [0.4, 0.5) is 5.69 Å². The second kappa shape index (κ2) is 5.32. The largest absolute Gasteiger partial charge is 0.490 e. The monoisotopic (exact) mass is 276 g/mol. The van der Waals surface area contributed by atoms with Gasteiger partial charge >= 0.3 is 0 Å². The Morgan fingerprint density at radius 1 is 1.25 bits per heavy atom. The van der Waals surface area contributed by atoms with E-state index >= 15 is 0 Å². The minimum atomic E-state index is -0.727. The summed E-state index contributed by atoms with van der Waals surface area (Å²) in [5, 5.41) is 5.16. The number of carbonyl (C=O) groups excluding carboxylic acids is 3. The van der Waals surface area contributed by atoms with Gasteiger partial charge in [0.2, 0.25) is 11.8 Å². The van der Waals surface area contributed by atoms with Crippen molar-refractivity contribution in [2.45, 2.75) is 26.8 Å². The number of amides is 2. The summed E-state index contributed by atoms with van der Waals surface area (Å²) in [5.41, 5.74) is 1.52. The van der Waals surface area contributed by atoms with E-state index in [4.69, 9.17) is 4.74 Å². The lowest BCUT2D eigenvalue weighted by molar-refractivity contribution is -0.119. The van der Waals surface area contributed by atoms with E-state index < -0.39 is 6.04 Å². The molecule has 0 aromatic heterocycles. The average Bonchev–Trinajstić information content (AvgIpc) is 2.35. The number of benzene rings is 1. The second-order valence-electron chi connectivity index (χ2n) is 4.74. The predicted octanol–water partition coefficient (Wildman–Crippen LogP) is 1.03. The summed E-state index contributed by atoms with van der Waals surface area (Å²) in [6.07, 6.45) is 0. The zero-order valence-corrected chi connectivity index (χ0v) is 11.6. The van der Waals surface area contributed by atoms with Crippen LogP contribution in [0.2, 0.25) is 0 Å². The minimum Gasteiger partial charge on any atom is -0.490 e. The topological polar surface area (TPSA) is 84.5 Å². The number of hydrogen-bond donors (Lipinski definition) is 2. The third-order valence-electron chi connectivity index (χ3n) is 3.00. The molecule has 1 aliphatic heterocycles. The normalized spacial score (nSPS) is 16.9. The predicted molar refractivity (Wildman–Crippen MR) is 72.9 cm³/mol. The summed E-state index contributed by atoms with van der Waals surface area (Å²) in [6, 6.07) is 2.71. The molecule has 1 unspecified atom stereocenters.